The molecule has 1 aliphatic heterocycles. The van der Waals surface area contributed by atoms with Gasteiger partial charge in [-0.15, -0.1) is 0 Å². The summed E-state index contributed by atoms with van der Waals surface area (Å²) in [7, 11) is 0. The minimum atomic E-state index is -1.42. The van der Waals surface area contributed by atoms with Crippen LogP contribution >= 0.6 is 0 Å². The van der Waals surface area contributed by atoms with Crippen LogP contribution in [0, 0.1) is 17.0 Å². The molecule has 1 aromatic heterocycles. The van der Waals surface area contributed by atoms with E-state index in [0.717, 1.165) is 4.90 Å². The lowest BCUT2D eigenvalue weighted by Gasteiger charge is -2.19. The fraction of sp³-hybridized carbons (Fsp3) is 0.0606. The molecule has 0 aliphatic carbocycles. The van der Waals surface area contributed by atoms with E-state index in [1.807, 2.05) is 0 Å². The summed E-state index contributed by atoms with van der Waals surface area (Å²) in [5.41, 5.74) is 1.89. The highest BCUT2D eigenvalue weighted by Crippen LogP contribution is 2.35. The number of aromatic nitrogens is 1. The summed E-state index contributed by atoms with van der Waals surface area (Å²) in [6, 6.07) is 26.2. The van der Waals surface area contributed by atoms with Gasteiger partial charge in [-0.1, -0.05) is 54.6 Å². The molecule has 2 heterocycles. The minimum absolute atomic E-state index is 0.0125. The number of benzene rings is 4. The zero-order valence-corrected chi connectivity index (χ0v) is 22.6. The van der Waals surface area contributed by atoms with Gasteiger partial charge in [-0.25, -0.2) is 9.69 Å². The van der Waals surface area contributed by atoms with E-state index in [0.29, 0.717) is 16.6 Å². The molecule has 0 bridgehead atoms. The molecular formula is C33H21N3O7. The largest absolute Gasteiger partial charge is 0.445 e. The van der Waals surface area contributed by atoms with Crippen LogP contribution in [0.1, 0.15) is 58.8 Å². The maximum atomic E-state index is 13.6. The summed E-state index contributed by atoms with van der Waals surface area (Å²) in [4.78, 5) is 70.0. The van der Waals surface area contributed by atoms with Crippen LogP contribution in [0.4, 0.5) is 11.4 Å². The standard InChI is InChI=1S/C33H21N3O7/c1-19-27-28(25-12-5-6-13-26(25)34-19)32(39)35(31(27)38)24-11-7-10-22(18-24)33(40)43-30(29(37)20-8-3-2-4-9-20)21-14-16-23(17-15-21)36(41)42/h2-18,30H,1H3/t30-/m0/s1. The van der Waals surface area contributed by atoms with Gasteiger partial charge < -0.3 is 4.74 Å². The fourth-order valence-corrected chi connectivity index (χ4v) is 5.11. The maximum absolute atomic E-state index is 13.6. The van der Waals surface area contributed by atoms with Crippen molar-refractivity contribution in [1.29, 1.82) is 0 Å². The molecule has 10 nitrogen and oxygen atoms in total. The van der Waals surface area contributed by atoms with E-state index in [9.17, 15) is 29.3 Å². The Morgan fingerprint density at radius 3 is 2.19 bits per heavy atom. The molecule has 0 unspecified atom stereocenters. The van der Waals surface area contributed by atoms with Crippen molar-refractivity contribution in [1.82, 2.24) is 4.98 Å². The summed E-state index contributed by atoms with van der Waals surface area (Å²) in [5, 5.41) is 11.7. The van der Waals surface area contributed by atoms with Crippen LogP contribution < -0.4 is 4.90 Å². The van der Waals surface area contributed by atoms with Crippen molar-refractivity contribution in [2.24, 2.45) is 0 Å². The molecule has 0 N–H and O–H groups in total. The number of nitrogens with zero attached hydrogens (tertiary/aromatic N) is 3. The molecule has 5 aromatic rings. The highest BCUT2D eigenvalue weighted by atomic mass is 16.6. The Bertz CT molecular complexity index is 1970. The number of pyridine rings is 1. The van der Waals surface area contributed by atoms with E-state index >= 15 is 0 Å². The van der Waals surface area contributed by atoms with Crippen LogP contribution in [0.2, 0.25) is 0 Å². The van der Waals surface area contributed by atoms with Crippen molar-refractivity contribution < 1.29 is 28.8 Å². The van der Waals surface area contributed by atoms with Gasteiger partial charge in [0.25, 0.3) is 17.5 Å². The maximum Gasteiger partial charge on any atom is 0.339 e. The van der Waals surface area contributed by atoms with Crippen LogP contribution in [-0.4, -0.2) is 33.5 Å². The van der Waals surface area contributed by atoms with Crippen LogP contribution in [-0.2, 0) is 4.74 Å². The number of ether oxygens (including phenoxy) is 1. The van der Waals surface area contributed by atoms with Gasteiger partial charge in [0, 0.05) is 28.6 Å². The van der Waals surface area contributed by atoms with Gasteiger partial charge in [0.15, 0.2) is 6.10 Å². The summed E-state index contributed by atoms with van der Waals surface area (Å²) in [6.07, 6.45) is -1.42. The Kier molecular flexibility index (Phi) is 6.79. The van der Waals surface area contributed by atoms with E-state index in [2.05, 4.69) is 4.98 Å². The average molecular weight is 572 g/mol. The molecule has 1 aliphatic rings. The van der Waals surface area contributed by atoms with Crippen molar-refractivity contribution in [2.45, 2.75) is 13.0 Å². The number of Topliss-reactive ketones (excluding diaryl/α,β-unsaturated/α-hetero) is 1. The molecule has 210 valence electrons. The second-order valence-electron chi connectivity index (χ2n) is 9.82. The summed E-state index contributed by atoms with van der Waals surface area (Å²) < 4.78 is 5.69. The molecule has 1 atom stereocenters. The Hall–Kier alpha value is -6.03. The molecule has 10 heteroatoms. The molecular weight excluding hydrogens is 550 g/mol. The van der Waals surface area contributed by atoms with Crippen molar-refractivity contribution in [3.63, 3.8) is 0 Å². The van der Waals surface area contributed by atoms with E-state index < -0.39 is 34.6 Å². The SMILES string of the molecule is Cc1nc2ccccc2c2c1C(=O)N(c1cccc(C(=O)O[C@H](C(=O)c3ccccc3)c3ccc([N+](=O)[O-])cc3)c1)C2=O. The summed E-state index contributed by atoms with van der Waals surface area (Å²) in [5.74, 6) is -2.54. The predicted molar refractivity (Wildman–Crippen MR) is 156 cm³/mol. The predicted octanol–water partition coefficient (Wildman–Crippen LogP) is 6.03. The number of imide groups is 1. The van der Waals surface area contributed by atoms with Crippen LogP contribution in [0.25, 0.3) is 10.9 Å². The number of nitro groups is 1. The number of hydrogen-bond acceptors (Lipinski definition) is 8. The number of carbonyl (C=O) groups excluding carboxylic acids is 4. The number of fused-ring (bicyclic) bond motifs is 3. The molecule has 2 amide bonds. The third kappa shape index (κ3) is 4.80. The second kappa shape index (κ2) is 10.7. The summed E-state index contributed by atoms with van der Waals surface area (Å²) in [6.45, 7) is 1.66. The van der Waals surface area contributed by atoms with Crippen molar-refractivity contribution in [3.05, 3.63) is 147 Å². The average Bonchev–Trinajstić information content (AvgIpc) is 3.30. The van der Waals surface area contributed by atoms with Crippen molar-refractivity contribution in [2.75, 3.05) is 4.90 Å². The normalized spacial score (nSPS) is 13.1. The van der Waals surface area contributed by atoms with Crippen LogP contribution in [0.15, 0.2) is 103 Å². The number of amides is 2. The van der Waals surface area contributed by atoms with Crippen LogP contribution in [0.3, 0.4) is 0 Å². The summed E-state index contributed by atoms with van der Waals surface area (Å²) >= 11 is 0. The first-order valence-electron chi connectivity index (χ1n) is 13.2. The number of hydrogen-bond donors (Lipinski definition) is 0. The first-order valence-corrected chi connectivity index (χ1v) is 13.2. The fourth-order valence-electron chi connectivity index (χ4n) is 5.11. The number of nitro benzene ring substituents is 1. The molecule has 0 radical (unpaired) electrons. The first kappa shape index (κ1) is 27.2. The van der Waals surface area contributed by atoms with Gasteiger partial charge in [-0.3, -0.25) is 29.5 Å². The lowest BCUT2D eigenvalue weighted by atomic mass is 9.99. The lowest BCUT2D eigenvalue weighted by molar-refractivity contribution is -0.384. The lowest BCUT2D eigenvalue weighted by Crippen LogP contribution is -2.29. The van der Waals surface area contributed by atoms with E-state index in [1.54, 1.807) is 61.5 Å². The monoisotopic (exact) mass is 571 g/mol. The second-order valence-corrected chi connectivity index (χ2v) is 9.82. The van der Waals surface area contributed by atoms with Gasteiger partial charge in [0.2, 0.25) is 5.78 Å². The topological polar surface area (TPSA) is 137 Å². The van der Waals surface area contributed by atoms with Crippen molar-refractivity contribution in [3.8, 4) is 0 Å². The number of carbonyl (C=O) groups is 4. The molecule has 4 aromatic carbocycles. The smallest absolute Gasteiger partial charge is 0.339 e. The number of ketones is 1. The molecule has 43 heavy (non-hydrogen) atoms. The first-order chi connectivity index (χ1) is 20.7. The van der Waals surface area contributed by atoms with Gasteiger partial charge in [-0.2, -0.15) is 0 Å². The van der Waals surface area contributed by atoms with Gasteiger partial charge in [0.1, 0.15) is 0 Å². The number of esters is 1. The van der Waals surface area contributed by atoms with Crippen molar-refractivity contribution >= 4 is 45.8 Å². The van der Waals surface area contributed by atoms with E-state index in [-0.39, 0.29) is 39.2 Å². The number of para-hydroxylation sites is 1. The number of aryl methyl sites for hydroxylation is 1. The molecule has 0 spiro atoms. The molecule has 6 rings (SSSR count). The highest BCUT2D eigenvalue weighted by Gasteiger charge is 2.40. The van der Waals surface area contributed by atoms with Crippen LogP contribution in [0.5, 0.6) is 0 Å². The van der Waals surface area contributed by atoms with Gasteiger partial charge in [-0.05, 0) is 43.3 Å². The Morgan fingerprint density at radius 2 is 1.47 bits per heavy atom. The zero-order chi connectivity index (χ0) is 30.2. The Morgan fingerprint density at radius 1 is 0.814 bits per heavy atom. The quantitative estimate of drug-likeness (QED) is 0.0759. The Balaban J connectivity index is 1.33. The molecule has 0 saturated heterocycles. The molecule has 0 saturated carbocycles. The highest BCUT2D eigenvalue weighted by molar-refractivity contribution is 6.37. The number of non-ortho nitro benzene ring substituents is 1. The number of rotatable bonds is 7. The third-order valence-corrected chi connectivity index (χ3v) is 7.18. The zero-order valence-electron chi connectivity index (χ0n) is 22.6. The Labute approximate surface area is 244 Å². The molecule has 0 fully saturated rings. The van der Waals surface area contributed by atoms with Gasteiger partial charge in [0.05, 0.1) is 38.5 Å². The number of anilines is 1. The van der Waals surface area contributed by atoms with E-state index in [4.69, 9.17) is 4.74 Å². The van der Waals surface area contributed by atoms with E-state index in [1.165, 1.54) is 48.5 Å². The third-order valence-electron chi connectivity index (χ3n) is 7.18. The minimum Gasteiger partial charge on any atom is -0.445 e. The van der Waals surface area contributed by atoms with Gasteiger partial charge >= 0.3 is 5.97 Å².